The van der Waals surface area contributed by atoms with Gasteiger partial charge in [-0.25, -0.2) is 0 Å². The van der Waals surface area contributed by atoms with Crippen LogP contribution in [0.2, 0.25) is 0 Å². The highest BCUT2D eigenvalue weighted by molar-refractivity contribution is 5.97. The summed E-state index contributed by atoms with van der Waals surface area (Å²) in [6.07, 6.45) is 2.49. The Labute approximate surface area is 138 Å². The molecule has 1 aromatic rings. The average Bonchev–Trinajstić information content (AvgIpc) is 2.52. The van der Waals surface area contributed by atoms with Crippen LogP contribution in [0.5, 0.6) is 0 Å². The SMILES string of the molecule is CC(C)C(=O)c1ccc(C(C)C(=O)N(C)C2(C#N)CCC2)cc1. The van der Waals surface area contributed by atoms with Crippen molar-refractivity contribution in [3.63, 3.8) is 0 Å². The highest BCUT2D eigenvalue weighted by atomic mass is 16.2. The third kappa shape index (κ3) is 3.14. The number of nitrogens with zero attached hydrogens (tertiary/aromatic N) is 2. The van der Waals surface area contributed by atoms with E-state index in [1.54, 1.807) is 24.1 Å². The zero-order valence-electron chi connectivity index (χ0n) is 14.3. The van der Waals surface area contributed by atoms with Gasteiger partial charge in [-0.2, -0.15) is 5.26 Å². The minimum absolute atomic E-state index is 0.0415. The van der Waals surface area contributed by atoms with Gasteiger partial charge in [-0.15, -0.1) is 0 Å². The largest absolute Gasteiger partial charge is 0.327 e. The molecule has 1 atom stereocenters. The van der Waals surface area contributed by atoms with Crippen molar-refractivity contribution in [3.8, 4) is 6.07 Å². The number of Topliss-reactive ketones (excluding diaryl/α,β-unsaturated/α-hetero) is 1. The maximum absolute atomic E-state index is 12.7. The molecule has 0 aliphatic heterocycles. The molecule has 0 aromatic heterocycles. The topological polar surface area (TPSA) is 61.2 Å². The summed E-state index contributed by atoms with van der Waals surface area (Å²) in [7, 11) is 1.72. The van der Waals surface area contributed by atoms with Gasteiger partial charge in [0.2, 0.25) is 5.91 Å². The van der Waals surface area contributed by atoms with Crippen LogP contribution in [0, 0.1) is 17.2 Å². The first kappa shape index (κ1) is 17.2. The van der Waals surface area contributed by atoms with Crippen molar-refractivity contribution in [2.24, 2.45) is 5.92 Å². The van der Waals surface area contributed by atoms with Gasteiger partial charge in [0.05, 0.1) is 12.0 Å². The fraction of sp³-hybridized carbons (Fsp3) is 0.526. The summed E-state index contributed by atoms with van der Waals surface area (Å²) in [4.78, 5) is 26.3. The summed E-state index contributed by atoms with van der Waals surface area (Å²) in [5.41, 5.74) is 0.914. The Morgan fingerprint density at radius 1 is 1.17 bits per heavy atom. The molecular weight excluding hydrogens is 288 g/mol. The van der Waals surface area contributed by atoms with E-state index in [1.165, 1.54) is 0 Å². The lowest BCUT2D eigenvalue weighted by Crippen LogP contribution is -2.54. The van der Waals surface area contributed by atoms with Crippen LogP contribution in [0.1, 0.15) is 61.9 Å². The quantitative estimate of drug-likeness (QED) is 0.781. The average molecular weight is 312 g/mol. The number of ketones is 1. The molecule has 0 spiro atoms. The van der Waals surface area contributed by atoms with Gasteiger partial charge >= 0.3 is 0 Å². The minimum Gasteiger partial charge on any atom is -0.327 e. The molecule has 1 aromatic carbocycles. The molecule has 0 saturated heterocycles. The van der Waals surface area contributed by atoms with Gasteiger partial charge in [0.15, 0.2) is 5.78 Å². The summed E-state index contributed by atoms with van der Waals surface area (Å²) in [6, 6.07) is 9.54. The minimum atomic E-state index is -0.626. The van der Waals surface area contributed by atoms with Gasteiger partial charge < -0.3 is 4.90 Å². The number of nitriles is 1. The van der Waals surface area contributed by atoms with Gasteiger partial charge in [0.1, 0.15) is 5.54 Å². The molecule has 1 fully saturated rings. The number of carbonyl (C=O) groups is 2. The first-order chi connectivity index (χ1) is 10.8. The summed E-state index contributed by atoms with van der Waals surface area (Å²) in [5, 5.41) is 9.38. The number of rotatable bonds is 5. The molecule has 4 heteroatoms. The van der Waals surface area contributed by atoms with Crippen molar-refractivity contribution in [2.75, 3.05) is 7.05 Å². The Morgan fingerprint density at radius 2 is 1.74 bits per heavy atom. The van der Waals surface area contributed by atoms with Crippen molar-refractivity contribution >= 4 is 11.7 Å². The Balaban J connectivity index is 2.14. The molecule has 1 aliphatic carbocycles. The van der Waals surface area contributed by atoms with Crippen LogP contribution in [-0.2, 0) is 4.79 Å². The molecule has 0 heterocycles. The number of hydrogen-bond acceptors (Lipinski definition) is 3. The van der Waals surface area contributed by atoms with Gasteiger partial charge in [-0.05, 0) is 31.7 Å². The highest BCUT2D eigenvalue weighted by Gasteiger charge is 2.44. The first-order valence-electron chi connectivity index (χ1n) is 8.15. The van der Waals surface area contributed by atoms with Crippen LogP contribution >= 0.6 is 0 Å². The van der Waals surface area contributed by atoms with Crippen LogP contribution in [0.15, 0.2) is 24.3 Å². The second-order valence-electron chi connectivity index (χ2n) is 6.76. The van der Waals surface area contributed by atoms with E-state index in [4.69, 9.17) is 0 Å². The molecule has 4 nitrogen and oxygen atoms in total. The molecule has 0 radical (unpaired) electrons. The number of benzene rings is 1. The second kappa shape index (κ2) is 6.54. The Hall–Kier alpha value is -2.15. The van der Waals surface area contributed by atoms with E-state index in [-0.39, 0.29) is 23.5 Å². The summed E-state index contributed by atoms with van der Waals surface area (Å²) in [6.45, 7) is 5.59. The summed E-state index contributed by atoms with van der Waals surface area (Å²) in [5.74, 6) is -0.311. The van der Waals surface area contributed by atoms with Crippen molar-refractivity contribution < 1.29 is 9.59 Å². The van der Waals surface area contributed by atoms with Crippen molar-refractivity contribution in [2.45, 2.75) is 51.5 Å². The molecule has 0 bridgehead atoms. The highest BCUT2D eigenvalue weighted by Crippen LogP contribution is 2.37. The van der Waals surface area contributed by atoms with E-state index in [0.717, 1.165) is 24.8 Å². The Bertz CT molecular complexity index is 636. The van der Waals surface area contributed by atoms with Gasteiger partial charge in [0.25, 0.3) is 0 Å². The van der Waals surface area contributed by atoms with Crippen LogP contribution < -0.4 is 0 Å². The standard InChI is InChI=1S/C19H24N2O2/c1-13(2)17(22)16-8-6-15(7-9-16)14(3)18(23)21(4)19(12-20)10-5-11-19/h6-9,13-14H,5,10-11H2,1-4H3. The van der Waals surface area contributed by atoms with E-state index in [2.05, 4.69) is 6.07 Å². The van der Waals surface area contributed by atoms with E-state index in [9.17, 15) is 14.9 Å². The molecule has 0 N–H and O–H groups in total. The monoisotopic (exact) mass is 312 g/mol. The molecule has 1 saturated carbocycles. The number of hydrogen-bond donors (Lipinski definition) is 0. The molecular formula is C19H24N2O2. The fourth-order valence-corrected chi connectivity index (χ4v) is 2.95. The third-order valence-electron chi connectivity index (χ3n) is 4.95. The summed E-state index contributed by atoms with van der Waals surface area (Å²) < 4.78 is 0. The number of amides is 1. The van der Waals surface area contributed by atoms with E-state index in [1.807, 2.05) is 32.9 Å². The normalized spacial score (nSPS) is 17.0. The Morgan fingerprint density at radius 3 is 2.13 bits per heavy atom. The molecule has 2 rings (SSSR count). The lowest BCUT2D eigenvalue weighted by Gasteiger charge is -2.43. The van der Waals surface area contributed by atoms with Crippen LogP contribution in [0.25, 0.3) is 0 Å². The van der Waals surface area contributed by atoms with Crippen LogP contribution in [0.4, 0.5) is 0 Å². The smallest absolute Gasteiger partial charge is 0.230 e. The molecule has 23 heavy (non-hydrogen) atoms. The van der Waals surface area contributed by atoms with Crippen molar-refractivity contribution in [1.82, 2.24) is 4.90 Å². The van der Waals surface area contributed by atoms with E-state index in [0.29, 0.717) is 5.56 Å². The second-order valence-corrected chi connectivity index (χ2v) is 6.76. The van der Waals surface area contributed by atoms with Crippen molar-refractivity contribution in [3.05, 3.63) is 35.4 Å². The molecule has 1 amide bonds. The predicted octanol–water partition coefficient (Wildman–Crippen LogP) is 3.53. The van der Waals surface area contributed by atoms with E-state index < -0.39 is 5.54 Å². The van der Waals surface area contributed by atoms with Gasteiger partial charge in [0, 0.05) is 18.5 Å². The first-order valence-corrected chi connectivity index (χ1v) is 8.15. The predicted molar refractivity (Wildman–Crippen MR) is 89.0 cm³/mol. The van der Waals surface area contributed by atoms with Crippen LogP contribution in [0.3, 0.4) is 0 Å². The zero-order chi connectivity index (χ0) is 17.2. The van der Waals surface area contributed by atoms with Gasteiger partial charge in [-0.1, -0.05) is 38.1 Å². The molecule has 122 valence electrons. The number of likely N-dealkylation sites (N-methyl/N-ethyl adjacent to an activating group) is 1. The Kier molecular flexibility index (Phi) is 4.89. The fourth-order valence-electron chi connectivity index (χ4n) is 2.95. The third-order valence-corrected chi connectivity index (χ3v) is 4.95. The van der Waals surface area contributed by atoms with E-state index >= 15 is 0 Å². The molecule has 1 aliphatic rings. The maximum Gasteiger partial charge on any atom is 0.230 e. The van der Waals surface area contributed by atoms with Crippen molar-refractivity contribution in [1.29, 1.82) is 5.26 Å². The summed E-state index contributed by atoms with van der Waals surface area (Å²) >= 11 is 0. The number of carbonyl (C=O) groups excluding carboxylic acids is 2. The van der Waals surface area contributed by atoms with Gasteiger partial charge in [-0.3, -0.25) is 9.59 Å². The lowest BCUT2D eigenvalue weighted by atomic mass is 9.76. The maximum atomic E-state index is 12.7. The molecule has 1 unspecified atom stereocenters. The lowest BCUT2D eigenvalue weighted by molar-refractivity contribution is -0.137. The van der Waals surface area contributed by atoms with Crippen LogP contribution in [-0.4, -0.2) is 29.2 Å². The zero-order valence-corrected chi connectivity index (χ0v) is 14.3.